The summed E-state index contributed by atoms with van der Waals surface area (Å²) in [4.78, 5) is 52.5. The lowest BCUT2D eigenvalue weighted by atomic mass is 9.91. The number of carbonyl (C=O) groups is 4. The molecule has 0 unspecified atom stereocenters. The van der Waals surface area contributed by atoms with Crippen molar-refractivity contribution >= 4 is 29.8 Å². The van der Waals surface area contributed by atoms with Crippen LogP contribution in [0.5, 0.6) is 0 Å². The number of rotatable bonds is 18. The molecule has 17 nitrogen and oxygen atoms in total. The molecule has 2 heterocycles. The lowest BCUT2D eigenvalue weighted by Crippen LogP contribution is -2.59. The summed E-state index contributed by atoms with van der Waals surface area (Å²) >= 11 is 0. The van der Waals surface area contributed by atoms with Crippen molar-refractivity contribution < 1.29 is 73.1 Å². The van der Waals surface area contributed by atoms with E-state index in [1.54, 1.807) is 63.3 Å². The number of amides is 2. The normalized spacial score (nSPS) is 25.5. The average Bonchev–Trinajstić information content (AvgIpc) is 3.70. The second-order valence-corrected chi connectivity index (χ2v) is 17.0. The molecule has 0 aromatic heterocycles. The van der Waals surface area contributed by atoms with E-state index in [1.807, 2.05) is 60.7 Å². The summed E-state index contributed by atoms with van der Waals surface area (Å²) in [5.74, 6) is -3.50. The number of carbonyl (C=O) groups excluding carboxylic acids is 4. The van der Waals surface area contributed by atoms with Gasteiger partial charge in [0.05, 0.1) is 31.4 Å². The van der Waals surface area contributed by atoms with Crippen LogP contribution in [0.1, 0.15) is 73.5 Å². The number of ether oxygens (including phenoxy) is 6. The topological polar surface area (TPSA) is 249 Å². The molecule has 1 aliphatic carbocycles. The van der Waals surface area contributed by atoms with Crippen LogP contribution in [0.3, 0.4) is 0 Å². The standard InChI is InChI=1S/C48H58N2O15/c1-47(2,3)64-39(54)21-20-34(27-51)50-38(53)22-23-49-44(58)31-25-35(43-36(26-31)63-48(65-43,32-12-6-4-7-13-32)33-14-8-5-9-15-33)61-45(59)30-18-16-29(17-19-30)11-10-24-60-46-42(57)41(56)40(55)37(28-52)62-46/h4-19,26,34-37,40-43,46,51-52,55-57H,20-25,27-28H2,1-3H3,(H,49,58)(H,50,53)/t34-,35+,36+,37+,40-,41-,42+,43-,46-/m0/s1. The maximum atomic E-state index is 13.8. The van der Waals surface area contributed by atoms with E-state index >= 15 is 0 Å². The van der Waals surface area contributed by atoms with E-state index in [1.165, 1.54) is 0 Å². The zero-order valence-electron chi connectivity index (χ0n) is 36.5. The van der Waals surface area contributed by atoms with Crippen LogP contribution in [0.2, 0.25) is 0 Å². The Morgan fingerprint density at radius 2 is 1.52 bits per heavy atom. The highest BCUT2D eigenvalue weighted by molar-refractivity contribution is 5.94. The first-order valence-corrected chi connectivity index (χ1v) is 21.6. The summed E-state index contributed by atoms with van der Waals surface area (Å²) in [6, 6.07) is 24.4. The fourth-order valence-corrected chi connectivity index (χ4v) is 7.66. The van der Waals surface area contributed by atoms with Crippen LogP contribution < -0.4 is 10.6 Å². The molecule has 350 valence electrons. The Bertz CT molecular complexity index is 2080. The Kier molecular flexibility index (Phi) is 16.8. The average molecular weight is 903 g/mol. The molecule has 0 radical (unpaired) electrons. The Morgan fingerprint density at radius 3 is 2.14 bits per heavy atom. The molecule has 65 heavy (non-hydrogen) atoms. The number of aliphatic hydroxyl groups excluding tert-OH is 5. The van der Waals surface area contributed by atoms with Gasteiger partial charge in [0.2, 0.25) is 17.6 Å². The lowest BCUT2D eigenvalue weighted by molar-refractivity contribution is -0.298. The number of nitrogens with one attached hydrogen (secondary N) is 2. The molecule has 9 atom stereocenters. The summed E-state index contributed by atoms with van der Waals surface area (Å²) < 4.78 is 35.9. The van der Waals surface area contributed by atoms with Gasteiger partial charge in [-0.2, -0.15) is 0 Å². The Labute approximate surface area is 376 Å². The molecular weight excluding hydrogens is 845 g/mol. The van der Waals surface area contributed by atoms with Crippen LogP contribution in [0.25, 0.3) is 6.08 Å². The number of aliphatic hydroxyl groups is 5. The Balaban J connectivity index is 1.12. The number of hydrogen-bond donors (Lipinski definition) is 7. The summed E-state index contributed by atoms with van der Waals surface area (Å²) in [6.45, 7) is 4.17. The minimum atomic E-state index is -1.56. The first kappa shape index (κ1) is 49.1. The minimum absolute atomic E-state index is 0.00115. The zero-order valence-corrected chi connectivity index (χ0v) is 36.5. The molecule has 2 aliphatic heterocycles. The molecule has 3 aliphatic rings. The first-order chi connectivity index (χ1) is 31.1. The highest BCUT2D eigenvalue weighted by atomic mass is 16.8. The van der Waals surface area contributed by atoms with Gasteiger partial charge in [0.25, 0.3) is 0 Å². The monoisotopic (exact) mass is 902 g/mol. The molecule has 17 heteroatoms. The predicted molar refractivity (Wildman–Crippen MR) is 232 cm³/mol. The van der Waals surface area contributed by atoms with Gasteiger partial charge >= 0.3 is 11.9 Å². The third-order valence-corrected chi connectivity index (χ3v) is 10.9. The number of hydrogen-bond acceptors (Lipinski definition) is 15. The van der Waals surface area contributed by atoms with Crippen molar-refractivity contribution in [1.29, 1.82) is 0 Å². The molecule has 2 saturated heterocycles. The summed E-state index contributed by atoms with van der Waals surface area (Å²) in [5.41, 5.74) is 1.86. The van der Waals surface area contributed by atoms with Crippen molar-refractivity contribution in [1.82, 2.24) is 10.6 Å². The smallest absolute Gasteiger partial charge is 0.338 e. The number of fused-ring (bicyclic) bond motifs is 1. The van der Waals surface area contributed by atoms with Gasteiger partial charge < -0.3 is 64.6 Å². The largest absolute Gasteiger partial charge is 0.460 e. The van der Waals surface area contributed by atoms with Gasteiger partial charge in [-0.3, -0.25) is 14.4 Å². The van der Waals surface area contributed by atoms with Crippen molar-refractivity contribution in [3.63, 3.8) is 0 Å². The van der Waals surface area contributed by atoms with Gasteiger partial charge in [0.1, 0.15) is 48.3 Å². The van der Waals surface area contributed by atoms with Gasteiger partial charge in [0.15, 0.2) is 6.29 Å². The van der Waals surface area contributed by atoms with Crippen LogP contribution in [-0.4, -0.2) is 136 Å². The fraction of sp³-hybridized carbons (Fsp3) is 0.458. The Hall–Kier alpha value is -5.34. The molecule has 0 spiro atoms. The van der Waals surface area contributed by atoms with Crippen molar-refractivity contribution in [2.75, 3.05) is 26.4 Å². The molecule has 2 fully saturated rings. The van der Waals surface area contributed by atoms with Crippen molar-refractivity contribution in [3.05, 3.63) is 125 Å². The second-order valence-electron chi connectivity index (χ2n) is 17.0. The van der Waals surface area contributed by atoms with Crippen LogP contribution in [0, 0.1) is 0 Å². The third kappa shape index (κ3) is 12.7. The van der Waals surface area contributed by atoms with E-state index in [0.29, 0.717) is 16.7 Å². The maximum absolute atomic E-state index is 13.8. The van der Waals surface area contributed by atoms with Gasteiger partial charge in [-0.1, -0.05) is 84.9 Å². The SMILES string of the molecule is CC(C)(C)OC(=O)CC[C@@H](CO)NC(=O)CCNC(=O)C1=C[C@H]2OC(c3ccccc3)(c3ccccc3)O[C@H]2[C@H](OC(=O)c2ccc(C=CCO[C@H]3O[C@H](CO)[C@H](O)[C@H](O)[C@H]3O)cc2)C1. The minimum Gasteiger partial charge on any atom is -0.460 e. The molecule has 7 N–H and O–H groups in total. The first-order valence-electron chi connectivity index (χ1n) is 21.6. The van der Waals surface area contributed by atoms with E-state index in [9.17, 15) is 44.7 Å². The molecule has 0 bridgehead atoms. The molecule has 3 aromatic rings. The summed E-state index contributed by atoms with van der Waals surface area (Å²) in [7, 11) is 0. The Morgan fingerprint density at radius 1 is 0.862 bits per heavy atom. The fourth-order valence-electron chi connectivity index (χ4n) is 7.66. The van der Waals surface area contributed by atoms with E-state index in [2.05, 4.69) is 10.6 Å². The van der Waals surface area contributed by atoms with E-state index in [0.717, 1.165) is 0 Å². The number of esters is 2. The third-order valence-electron chi connectivity index (χ3n) is 10.9. The van der Waals surface area contributed by atoms with E-state index in [-0.39, 0.29) is 56.6 Å². The van der Waals surface area contributed by atoms with Crippen LogP contribution in [0.4, 0.5) is 0 Å². The van der Waals surface area contributed by atoms with Crippen LogP contribution in [-0.2, 0) is 48.6 Å². The number of benzene rings is 3. The van der Waals surface area contributed by atoms with Gasteiger partial charge in [-0.25, -0.2) is 4.79 Å². The van der Waals surface area contributed by atoms with Crippen molar-refractivity contribution in [3.8, 4) is 0 Å². The highest BCUT2D eigenvalue weighted by Gasteiger charge is 2.55. The lowest BCUT2D eigenvalue weighted by Gasteiger charge is -2.39. The summed E-state index contributed by atoms with van der Waals surface area (Å²) in [5, 5.41) is 54.9. The van der Waals surface area contributed by atoms with E-state index in [4.69, 9.17) is 28.4 Å². The molecule has 0 saturated carbocycles. The van der Waals surface area contributed by atoms with Crippen LogP contribution in [0.15, 0.2) is 103 Å². The van der Waals surface area contributed by atoms with Gasteiger partial charge in [-0.15, -0.1) is 0 Å². The summed E-state index contributed by atoms with van der Waals surface area (Å²) in [6.07, 6.45) is -4.69. The van der Waals surface area contributed by atoms with Gasteiger partial charge in [-0.05, 0) is 51.0 Å². The maximum Gasteiger partial charge on any atom is 0.338 e. The highest BCUT2D eigenvalue weighted by Crippen LogP contribution is 2.47. The zero-order chi connectivity index (χ0) is 46.7. The van der Waals surface area contributed by atoms with Crippen molar-refractivity contribution in [2.24, 2.45) is 0 Å². The van der Waals surface area contributed by atoms with Gasteiger partial charge in [0, 0.05) is 42.5 Å². The molecular formula is C48H58N2O15. The van der Waals surface area contributed by atoms with E-state index < -0.39 is 96.8 Å². The molecule has 3 aromatic carbocycles. The second kappa shape index (κ2) is 22.2. The molecule has 6 rings (SSSR count). The predicted octanol–water partition coefficient (Wildman–Crippen LogP) is 2.16. The van der Waals surface area contributed by atoms with Crippen LogP contribution >= 0.6 is 0 Å². The molecule has 2 amide bonds. The van der Waals surface area contributed by atoms with Crippen molar-refractivity contribution in [2.45, 2.75) is 113 Å². The quantitative estimate of drug-likeness (QED) is 0.0905.